The van der Waals surface area contributed by atoms with Gasteiger partial charge in [0.1, 0.15) is 0 Å². The van der Waals surface area contributed by atoms with Crippen LogP contribution in [0.25, 0.3) is 0 Å². The van der Waals surface area contributed by atoms with Gasteiger partial charge in [0.25, 0.3) is 0 Å². The smallest absolute Gasteiger partial charge is 0.0799 e. The molecule has 0 bridgehead atoms. The lowest BCUT2D eigenvalue weighted by Crippen LogP contribution is -2.24. The summed E-state index contributed by atoms with van der Waals surface area (Å²) in [5.41, 5.74) is 3.50. The van der Waals surface area contributed by atoms with Gasteiger partial charge in [-0.1, -0.05) is 46.3 Å². The quantitative estimate of drug-likeness (QED) is 0.944. The third-order valence-electron chi connectivity index (χ3n) is 2.99. The van der Waals surface area contributed by atoms with Crippen LogP contribution in [-0.2, 0) is 7.05 Å². The van der Waals surface area contributed by atoms with Crippen molar-refractivity contribution < 1.29 is 0 Å². The number of hydrogen-bond donors (Lipinski definition) is 1. The molecule has 0 aliphatic rings. The summed E-state index contributed by atoms with van der Waals surface area (Å²) in [5, 5.41) is 11.4. The van der Waals surface area contributed by atoms with E-state index in [0.29, 0.717) is 0 Å². The number of rotatable bonds is 4. The maximum absolute atomic E-state index is 4.01. The Hall–Kier alpha value is -1.20. The van der Waals surface area contributed by atoms with Crippen LogP contribution in [0.15, 0.2) is 28.9 Å². The van der Waals surface area contributed by atoms with Gasteiger partial charge in [0, 0.05) is 11.5 Å². The second-order valence-electron chi connectivity index (χ2n) is 4.25. The lowest BCUT2D eigenvalue weighted by molar-refractivity contribution is 0.566. The van der Waals surface area contributed by atoms with Gasteiger partial charge in [-0.25, -0.2) is 0 Å². The van der Waals surface area contributed by atoms with Crippen molar-refractivity contribution in [3.8, 4) is 0 Å². The molecule has 0 amide bonds. The van der Waals surface area contributed by atoms with Crippen molar-refractivity contribution in [2.75, 3.05) is 6.54 Å². The van der Waals surface area contributed by atoms with Crippen LogP contribution in [0.1, 0.15) is 29.8 Å². The molecule has 0 spiro atoms. The molecule has 1 atom stereocenters. The Morgan fingerprint density at radius 2 is 2.22 bits per heavy atom. The fourth-order valence-corrected chi connectivity index (χ4v) is 2.52. The highest BCUT2D eigenvalue weighted by Crippen LogP contribution is 2.30. The Labute approximate surface area is 116 Å². The molecule has 4 nitrogen and oxygen atoms in total. The Kier molecular flexibility index (Phi) is 4.14. The largest absolute Gasteiger partial charge is 0.305 e. The van der Waals surface area contributed by atoms with Gasteiger partial charge in [0.05, 0.1) is 17.9 Å². The molecule has 1 aromatic heterocycles. The molecule has 0 aliphatic carbocycles. The first kappa shape index (κ1) is 13.2. The Morgan fingerprint density at radius 3 is 2.83 bits per heavy atom. The number of hydrogen-bond acceptors (Lipinski definition) is 3. The first-order valence-corrected chi connectivity index (χ1v) is 6.77. The van der Waals surface area contributed by atoms with E-state index in [9.17, 15) is 0 Å². The molecule has 0 aliphatic heterocycles. The monoisotopic (exact) mass is 308 g/mol. The highest BCUT2D eigenvalue weighted by molar-refractivity contribution is 9.10. The van der Waals surface area contributed by atoms with Crippen LogP contribution >= 0.6 is 15.9 Å². The van der Waals surface area contributed by atoms with Crippen LogP contribution in [0.4, 0.5) is 0 Å². The third kappa shape index (κ3) is 2.47. The number of nitrogens with one attached hydrogen (secondary N) is 1. The number of aromatic nitrogens is 3. The summed E-state index contributed by atoms with van der Waals surface area (Å²) in [6, 6.07) is 6.39. The van der Waals surface area contributed by atoms with E-state index in [2.05, 4.69) is 63.6 Å². The molecule has 0 radical (unpaired) electrons. The van der Waals surface area contributed by atoms with Crippen molar-refractivity contribution in [2.45, 2.75) is 19.9 Å². The van der Waals surface area contributed by atoms with Gasteiger partial charge in [0.15, 0.2) is 0 Å². The molecule has 2 rings (SSSR count). The second-order valence-corrected chi connectivity index (χ2v) is 5.04. The summed E-state index contributed by atoms with van der Waals surface area (Å²) >= 11 is 3.67. The van der Waals surface area contributed by atoms with E-state index in [1.165, 1.54) is 11.1 Å². The predicted molar refractivity (Wildman–Crippen MR) is 75.4 cm³/mol. The third-order valence-corrected chi connectivity index (χ3v) is 4.07. The highest BCUT2D eigenvalue weighted by Gasteiger charge is 2.19. The molecule has 5 heteroatoms. The number of benzene rings is 1. The van der Waals surface area contributed by atoms with E-state index < -0.39 is 0 Å². The SMILES string of the molecule is CCNC(c1cccc(C)c1Br)c1cnnn1C. The lowest BCUT2D eigenvalue weighted by Gasteiger charge is -2.20. The molecule has 1 heterocycles. The summed E-state index contributed by atoms with van der Waals surface area (Å²) in [6.45, 7) is 5.08. The van der Waals surface area contributed by atoms with E-state index >= 15 is 0 Å². The molecular weight excluding hydrogens is 292 g/mol. The molecule has 0 saturated heterocycles. The Morgan fingerprint density at radius 1 is 1.44 bits per heavy atom. The Bertz CT molecular complexity index is 536. The normalized spacial score (nSPS) is 12.7. The van der Waals surface area contributed by atoms with Crippen molar-refractivity contribution in [2.24, 2.45) is 7.05 Å². The van der Waals surface area contributed by atoms with E-state index in [1.807, 2.05) is 17.9 Å². The van der Waals surface area contributed by atoms with Crippen LogP contribution in [0, 0.1) is 6.92 Å². The molecule has 1 N–H and O–H groups in total. The van der Waals surface area contributed by atoms with Gasteiger partial charge in [-0.05, 0) is 24.6 Å². The van der Waals surface area contributed by atoms with Crippen LogP contribution in [0.3, 0.4) is 0 Å². The van der Waals surface area contributed by atoms with E-state index in [-0.39, 0.29) is 6.04 Å². The van der Waals surface area contributed by atoms with Gasteiger partial charge in [0.2, 0.25) is 0 Å². The molecule has 96 valence electrons. The van der Waals surface area contributed by atoms with E-state index in [4.69, 9.17) is 0 Å². The highest BCUT2D eigenvalue weighted by atomic mass is 79.9. The van der Waals surface area contributed by atoms with Crippen molar-refractivity contribution in [1.29, 1.82) is 0 Å². The zero-order valence-corrected chi connectivity index (χ0v) is 12.4. The first-order chi connectivity index (χ1) is 8.65. The maximum atomic E-state index is 4.01. The molecule has 0 fully saturated rings. The number of halogens is 1. The Balaban J connectivity index is 2.48. The molecule has 18 heavy (non-hydrogen) atoms. The first-order valence-electron chi connectivity index (χ1n) is 5.98. The van der Waals surface area contributed by atoms with Gasteiger partial charge >= 0.3 is 0 Å². The molecule has 0 saturated carbocycles. The summed E-state index contributed by atoms with van der Waals surface area (Å²) < 4.78 is 2.94. The average molecular weight is 309 g/mol. The van der Waals surface area contributed by atoms with E-state index in [1.54, 1.807) is 0 Å². The minimum absolute atomic E-state index is 0.101. The maximum Gasteiger partial charge on any atom is 0.0799 e. The lowest BCUT2D eigenvalue weighted by atomic mass is 10.0. The standard InChI is InChI=1S/C13H17BrN4/c1-4-15-13(11-8-16-17-18(11)3)10-7-5-6-9(2)12(10)14/h5-8,13,15H,4H2,1-3H3. The predicted octanol–water partition coefficient (Wildman–Crippen LogP) is 2.58. The molecule has 1 aromatic carbocycles. The van der Waals surface area contributed by atoms with Crippen molar-refractivity contribution in [3.05, 3.63) is 45.7 Å². The van der Waals surface area contributed by atoms with Crippen molar-refractivity contribution in [3.63, 3.8) is 0 Å². The topological polar surface area (TPSA) is 42.7 Å². The number of aryl methyl sites for hydroxylation is 2. The van der Waals surface area contributed by atoms with Crippen LogP contribution in [0.2, 0.25) is 0 Å². The molecule has 1 unspecified atom stereocenters. The fourth-order valence-electron chi connectivity index (χ4n) is 2.03. The zero-order valence-electron chi connectivity index (χ0n) is 10.8. The van der Waals surface area contributed by atoms with Crippen molar-refractivity contribution >= 4 is 15.9 Å². The van der Waals surface area contributed by atoms with Gasteiger partial charge in [-0.2, -0.15) is 0 Å². The van der Waals surface area contributed by atoms with Gasteiger partial charge in [-0.15, -0.1) is 5.10 Å². The number of nitrogens with zero attached hydrogens (tertiary/aromatic N) is 3. The van der Waals surface area contributed by atoms with Crippen LogP contribution in [-0.4, -0.2) is 21.5 Å². The van der Waals surface area contributed by atoms with Crippen LogP contribution < -0.4 is 5.32 Å². The summed E-state index contributed by atoms with van der Waals surface area (Å²) in [7, 11) is 1.91. The summed E-state index contributed by atoms with van der Waals surface area (Å²) in [5.74, 6) is 0. The van der Waals surface area contributed by atoms with Crippen LogP contribution in [0.5, 0.6) is 0 Å². The molecule has 2 aromatic rings. The fraction of sp³-hybridized carbons (Fsp3) is 0.385. The zero-order chi connectivity index (χ0) is 13.1. The molecular formula is C13H17BrN4. The summed E-state index contributed by atoms with van der Waals surface area (Å²) in [4.78, 5) is 0. The van der Waals surface area contributed by atoms with Crippen molar-refractivity contribution in [1.82, 2.24) is 20.3 Å². The second kappa shape index (κ2) is 5.63. The average Bonchev–Trinajstić information content (AvgIpc) is 2.76. The van der Waals surface area contributed by atoms with E-state index in [0.717, 1.165) is 16.7 Å². The van der Waals surface area contributed by atoms with Gasteiger partial charge < -0.3 is 5.32 Å². The minimum Gasteiger partial charge on any atom is -0.305 e. The minimum atomic E-state index is 0.101. The van der Waals surface area contributed by atoms with Gasteiger partial charge in [-0.3, -0.25) is 4.68 Å². The summed E-state index contributed by atoms with van der Waals surface area (Å²) in [6.07, 6.45) is 1.81.